The van der Waals surface area contributed by atoms with Crippen LogP contribution in [0.15, 0.2) is 0 Å². The van der Waals surface area contributed by atoms with Crippen molar-refractivity contribution in [3.8, 4) is 0 Å². The second-order valence-corrected chi connectivity index (χ2v) is 2.00. The van der Waals surface area contributed by atoms with Crippen LogP contribution in [-0.4, -0.2) is 24.4 Å². The van der Waals surface area contributed by atoms with Crippen molar-refractivity contribution in [3.05, 3.63) is 0 Å². The molecule has 0 saturated carbocycles. The molecule has 0 atom stereocenters. The number of hydrogen-bond donors (Lipinski definition) is 0. The molecule has 0 aromatic carbocycles. The van der Waals surface area contributed by atoms with Crippen LogP contribution in [0.25, 0.3) is 0 Å². The zero-order valence-corrected chi connectivity index (χ0v) is 12.8. The van der Waals surface area contributed by atoms with Gasteiger partial charge in [-0.25, -0.2) is 8.78 Å². The standard InChI is InChI=1S/C4HF9.Cs.H/c5-1(6)2(7,8)3(9,10)4(11,12)13;;/h1H;;/q;+1;-1. The molecule has 0 spiro atoms. The Morgan fingerprint density at radius 2 is 1.07 bits per heavy atom. The average molecular weight is 354 g/mol. The summed E-state index contributed by atoms with van der Waals surface area (Å²) in [7, 11) is 0. The van der Waals surface area contributed by atoms with Gasteiger partial charge in [0.05, 0.1) is 0 Å². The zero-order valence-electron chi connectivity index (χ0n) is 7.48. The Morgan fingerprint density at radius 3 is 1.14 bits per heavy atom. The first-order valence-corrected chi connectivity index (χ1v) is 2.55. The summed E-state index contributed by atoms with van der Waals surface area (Å²) in [4.78, 5) is 0. The fourth-order valence-corrected chi connectivity index (χ4v) is 0.326. The second kappa shape index (κ2) is 5.17. The summed E-state index contributed by atoms with van der Waals surface area (Å²) < 4.78 is 102. The molecular formula is C4H2CsF9. The SMILES string of the molecule is FC(F)C(F)(F)C(F)(F)C(F)(F)F.[Cs+].[H-]. The van der Waals surface area contributed by atoms with Crippen LogP contribution < -0.4 is 68.9 Å². The molecule has 0 fully saturated rings. The predicted octanol–water partition coefficient (Wildman–Crippen LogP) is 0.201. The van der Waals surface area contributed by atoms with E-state index in [-0.39, 0.29) is 70.3 Å². The second-order valence-electron chi connectivity index (χ2n) is 2.00. The van der Waals surface area contributed by atoms with Crippen LogP contribution in [-0.2, 0) is 0 Å². The van der Waals surface area contributed by atoms with Crippen molar-refractivity contribution in [2.75, 3.05) is 0 Å². The number of rotatable bonds is 2. The molecule has 0 aromatic rings. The third kappa shape index (κ3) is 3.20. The molecule has 0 aliphatic heterocycles. The maximum absolute atomic E-state index is 11.6. The molecule has 14 heavy (non-hydrogen) atoms. The van der Waals surface area contributed by atoms with E-state index in [0.717, 1.165) is 0 Å². The summed E-state index contributed by atoms with van der Waals surface area (Å²) >= 11 is 0. The van der Waals surface area contributed by atoms with E-state index in [1.807, 2.05) is 0 Å². The van der Waals surface area contributed by atoms with E-state index in [4.69, 9.17) is 0 Å². The zero-order chi connectivity index (χ0) is 11.1. The van der Waals surface area contributed by atoms with Gasteiger partial charge in [-0.1, -0.05) is 0 Å². The van der Waals surface area contributed by atoms with Crippen LogP contribution in [0, 0.1) is 0 Å². The van der Waals surface area contributed by atoms with Gasteiger partial charge in [-0.3, -0.25) is 0 Å². The summed E-state index contributed by atoms with van der Waals surface area (Å²) in [6, 6.07) is 0. The first-order chi connectivity index (χ1) is 5.44. The normalized spacial score (nSPS) is 14.1. The van der Waals surface area contributed by atoms with Gasteiger partial charge < -0.3 is 1.43 Å². The van der Waals surface area contributed by atoms with Crippen LogP contribution in [0.1, 0.15) is 1.43 Å². The van der Waals surface area contributed by atoms with Crippen molar-refractivity contribution in [3.63, 3.8) is 0 Å². The topological polar surface area (TPSA) is 0 Å². The van der Waals surface area contributed by atoms with Crippen molar-refractivity contribution in [2.45, 2.75) is 24.4 Å². The van der Waals surface area contributed by atoms with Gasteiger partial charge in [0, 0.05) is 0 Å². The summed E-state index contributed by atoms with van der Waals surface area (Å²) in [5.41, 5.74) is 0. The van der Waals surface area contributed by atoms with Gasteiger partial charge in [-0.2, -0.15) is 30.7 Å². The van der Waals surface area contributed by atoms with Crippen molar-refractivity contribution in [2.24, 2.45) is 0 Å². The van der Waals surface area contributed by atoms with Crippen LogP contribution in [0.3, 0.4) is 0 Å². The molecule has 0 rings (SSSR count). The van der Waals surface area contributed by atoms with Crippen molar-refractivity contribution in [1.29, 1.82) is 0 Å². The van der Waals surface area contributed by atoms with Crippen molar-refractivity contribution < 1.29 is 110 Å². The third-order valence-corrected chi connectivity index (χ3v) is 1.05. The molecule has 0 heterocycles. The fraction of sp³-hybridized carbons (Fsp3) is 1.00. The Kier molecular flexibility index (Phi) is 6.57. The third-order valence-electron chi connectivity index (χ3n) is 1.05. The summed E-state index contributed by atoms with van der Waals surface area (Å²) in [6.45, 7) is 0. The maximum atomic E-state index is 11.6. The van der Waals surface area contributed by atoms with Gasteiger partial charge in [0.25, 0.3) is 0 Å². The Bertz CT molecular complexity index is 187. The minimum atomic E-state index is -6.73. The number of halogens is 9. The monoisotopic (exact) mass is 354 g/mol. The average Bonchev–Trinajstić information content (AvgIpc) is 1.84. The molecule has 0 saturated heterocycles. The fourth-order valence-electron chi connectivity index (χ4n) is 0.326. The molecule has 0 N–H and O–H groups in total. The summed E-state index contributed by atoms with van der Waals surface area (Å²) in [5, 5.41) is 0. The van der Waals surface area contributed by atoms with Crippen LogP contribution in [0.2, 0.25) is 0 Å². The van der Waals surface area contributed by atoms with Crippen molar-refractivity contribution >= 4 is 0 Å². The molecule has 0 unspecified atom stereocenters. The van der Waals surface area contributed by atoms with Gasteiger partial charge in [0.15, 0.2) is 0 Å². The number of hydrogen-bond acceptors (Lipinski definition) is 0. The Morgan fingerprint density at radius 1 is 0.786 bits per heavy atom. The molecule has 0 aliphatic carbocycles. The Balaban J connectivity index is -0.000000720. The summed E-state index contributed by atoms with van der Waals surface area (Å²) in [6.07, 6.45) is -11.8. The minimum absolute atomic E-state index is 0. The first kappa shape index (κ1) is 17.8. The van der Waals surface area contributed by atoms with Gasteiger partial charge in [0.2, 0.25) is 0 Å². The van der Waals surface area contributed by atoms with Crippen LogP contribution in [0.4, 0.5) is 39.5 Å². The maximum Gasteiger partial charge on any atom is 1.00 e. The van der Waals surface area contributed by atoms with Crippen molar-refractivity contribution in [1.82, 2.24) is 0 Å². The molecule has 0 radical (unpaired) electrons. The molecule has 0 nitrogen and oxygen atoms in total. The smallest absolute Gasteiger partial charge is 1.00 e. The van der Waals surface area contributed by atoms with Crippen LogP contribution in [0.5, 0.6) is 0 Å². The molecule has 0 aliphatic rings. The van der Waals surface area contributed by atoms with E-state index in [1.165, 1.54) is 0 Å². The molecule has 10 heteroatoms. The molecule has 0 aromatic heterocycles. The largest absolute Gasteiger partial charge is 1.00 e. The molecular weight excluding hydrogens is 352 g/mol. The van der Waals surface area contributed by atoms with Gasteiger partial charge >= 0.3 is 93.3 Å². The molecule has 0 amide bonds. The van der Waals surface area contributed by atoms with Crippen LogP contribution >= 0.6 is 0 Å². The summed E-state index contributed by atoms with van der Waals surface area (Å²) in [5.74, 6) is -13.1. The van der Waals surface area contributed by atoms with E-state index in [2.05, 4.69) is 0 Å². The molecule has 82 valence electrons. The van der Waals surface area contributed by atoms with Gasteiger partial charge in [0.1, 0.15) is 0 Å². The molecule has 0 bridgehead atoms. The Hall–Kier alpha value is 1.42. The quantitative estimate of drug-likeness (QED) is 0.622. The Labute approximate surface area is 132 Å². The van der Waals surface area contributed by atoms with Gasteiger partial charge in [-0.05, 0) is 0 Å². The van der Waals surface area contributed by atoms with Gasteiger partial charge in [-0.15, -0.1) is 0 Å². The number of alkyl halides is 9. The predicted molar refractivity (Wildman–Crippen MR) is 23.1 cm³/mol. The van der Waals surface area contributed by atoms with E-state index in [1.54, 1.807) is 0 Å². The van der Waals surface area contributed by atoms with E-state index >= 15 is 0 Å². The van der Waals surface area contributed by atoms with E-state index < -0.39 is 24.4 Å². The first-order valence-electron chi connectivity index (χ1n) is 2.55. The van der Waals surface area contributed by atoms with E-state index in [0.29, 0.717) is 0 Å². The minimum Gasteiger partial charge on any atom is -1.00 e. The van der Waals surface area contributed by atoms with E-state index in [9.17, 15) is 39.5 Å².